The molecule has 0 saturated carbocycles. The Morgan fingerprint density at radius 2 is 2.04 bits per heavy atom. The first kappa shape index (κ1) is 15.5. The summed E-state index contributed by atoms with van der Waals surface area (Å²) in [5.41, 5.74) is 1.70. The molecule has 0 aliphatic heterocycles. The normalized spacial score (nSPS) is 10.2. The Kier molecular flexibility index (Phi) is 4.42. The first-order chi connectivity index (χ1) is 11.6. The van der Waals surface area contributed by atoms with Crippen molar-refractivity contribution in [2.45, 2.75) is 6.92 Å². The van der Waals surface area contributed by atoms with Crippen LogP contribution in [0.25, 0.3) is 0 Å². The summed E-state index contributed by atoms with van der Waals surface area (Å²) in [5.74, 6) is 1.65. The van der Waals surface area contributed by atoms with Crippen LogP contribution in [-0.4, -0.2) is 23.2 Å². The van der Waals surface area contributed by atoms with Crippen molar-refractivity contribution in [3.05, 3.63) is 60.1 Å². The van der Waals surface area contributed by atoms with Gasteiger partial charge < -0.3 is 19.9 Å². The molecule has 0 saturated heterocycles. The molecule has 1 aromatic carbocycles. The minimum Gasteiger partial charge on any atom is -0.497 e. The lowest BCUT2D eigenvalue weighted by molar-refractivity contribution is 0.102. The van der Waals surface area contributed by atoms with Gasteiger partial charge in [-0.3, -0.25) is 9.78 Å². The van der Waals surface area contributed by atoms with Crippen LogP contribution in [0, 0.1) is 6.92 Å². The average Bonchev–Trinajstić information content (AvgIpc) is 3.00. The maximum Gasteiger partial charge on any atom is 0.257 e. The molecule has 122 valence electrons. The third-order valence-corrected chi connectivity index (χ3v) is 3.23. The number of rotatable bonds is 5. The molecule has 7 nitrogen and oxygen atoms in total. The number of nitrogens with zero attached hydrogens (tertiary/aromatic N) is 2. The standard InChI is InChI=1S/C17H16N4O3/c1-11-6-16(21-24-11)19-14-7-12(9-18-10-14)17(22)20-13-4-3-5-15(8-13)23-2/h3-10H,1-2H3,(H,19,21)(H,20,22). The zero-order chi connectivity index (χ0) is 16.9. The quantitative estimate of drug-likeness (QED) is 0.748. The molecule has 2 aromatic heterocycles. The Balaban J connectivity index is 1.74. The van der Waals surface area contributed by atoms with Gasteiger partial charge in [0.05, 0.1) is 24.6 Å². The van der Waals surface area contributed by atoms with Crippen LogP contribution in [0.4, 0.5) is 17.2 Å². The summed E-state index contributed by atoms with van der Waals surface area (Å²) in [6.45, 7) is 1.80. The minimum absolute atomic E-state index is 0.268. The second kappa shape index (κ2) is 6.82. The van der Waals surface area contributed by atoms with E-state index in [2.05, 4.69) is 20.8 Å². The maximum absolute atomic E-state index is 12.4. The molecule has 3 rings (SSSR count). The van der Waals surface area contributed by atoms with Crippen molar-refractivity contribution < 1.29 is 14.1 Å². The van der Waals surface area contributed by atoms with Gasteiger partial charge >= 0.3 is 0 Å². The van der Waals surface area contributed by atoms with Gasteiger partial charge in [-0.1, -0.05) is 11.2 Å². The summed E-state index contributed by atoms with van der Waals surface area (Å²) < 4.78 is 10.1. The van der Waals surface area contributed by atoms with Gasteiger partial charge in [-0.2, -0.15) is 0 Å². The highest BCUT2D eigenvalue weighted by Gasteiger charge is 2.09. The number of amides is 1. The van der Waals surface area contributed by atoms with Crippen molar-refractivity contribution in [2.24, 2.45) is 0 Å². The molecule has 3 aromatic rings. The number of aromatic nitrogens is 2. The number of anilines is 3. The predicted octanol–water partition coefficient (Wildman–Crippen LogP) is 3.38. The highest BCUT2D eigenvalue weighted by molar-refractivity contribution is 6.04. The lowest BCUT2D eigenvalue weighted by atomic mass is 10.2. The monoisotopic (exact) mass is 324 g/mol. The zero-order valence-electron chi connectivity index (χ0n) is 13.2. The Hall–Kier alpha value is -3.35. The van der Waals surface area contributed by atoms with E-state index in [1.165, 1.54) is 6.20 Å². The third kappa shape index (κ3) is 3.70. The topological polar surface area (TPSA) is 89.3 Å². The number of aryl methyl sites for hydroxylation is 1. The first-order valence-corrected chi connectivity index (χ1v) is 7.25. The van der Waals surface area contributed by atoms with Gasteiger partial charge in [0, 0.05) is 24.0 Å². The molecule has 2 heterocycles. The molecule has 0 bridgehead atoms. The Morgan fingerprint density at radius 1 is 1.17 bits per heavy atom. The van der Waals surface area contributed by atoms with E-state index in [1.807, 2.05) is 6.07 Å². The summed E-state index contributed by atoms with van der Waals surface area (Å²) >= 11 is 0. The molecule has 0 unspecified atom stereocenters. The lowest BCUT2D eigenvalue weighted by Crippen LogP contribution is -2.12. The molecule has 24 heavy (non-hydrogen) atoms. The van der Waals surface area contributed by atoms with E-state index in [-0.39, 0.29) is 5.91 Å². The lowest BCUT2D eigenvalue weighted by Gasteiger charge is -2.08. The Morgan fingerprint density at radius 3 is 2.79 bits per heavy atom. The molecule has 0 radical (unpaired) electrons. The van der Waals surface area contributed by atoms with E-state index in [0.29, 0.717) is 34.3 Å². The van der Waals surface area contributed by atoms with Crippen LogP contribution in [-0.2, 0) is 0 Å². The molecule has 0 aliphatic rings. The third-order valence-electron chi connectivity index (χ3n) is 3.23. The van der Waals surface area contributed by atoms with Crippen LogP contribution in [0.15, 0.2) is 53.3 Å². The van der Waals surface area contributed by atoms with E-state index in [9.17, 15) is 4.79 Å². The van der Waals surface area contributed by atoms with Crippen LogP contribution in [0.2, 0.25) is 0 Å². The van der Waals surface area contributed by atoms with Gasteiger partial charge in [0.15, 0.2) is 5.82 Å². The molecular weight excluding hydrogens is 308 g/mol. The van der Waals surface area contributed by atoms with Gasteiger partial charge in [0.1, 0.15) is 11.5 Å². The summed E-state index contributed by atoms with van der Waals surface area (Å²) in [7, 11) is 1.58. The average molecular weight is 324 g/mol. The second-order valence-electron chi connectivity index (χ2n) is 5.10. The maximum atomic E-state index is 12.4. The molecule has 0 fully saturated rings. The van der Waals surface area contributed by atoms with Crippen LogP contribution in [0.3, 0.4) is 0 Å². The second-order valence-corrected chi connectivity index (χ2v) is 5.10. The number of nitrogens with one attached hydrogen (secondary N) is 2. The molecule has 0 aliphatic carbocycles. The Labute approximate surface area is 138 Å². The predicted molar refractivity (Wildman–Crippen MR) is 89.7 cm³/mol. The minimum atomic E-state index is -0.268. The fourth-order valence-electron chi connectivity index (χ4n) is 2.11. The van der Waals surface area contributed by atoms with Crippen molar-refractivity contribution in [1.29, 1.82) is 0 Å². The molecular formula is C17H16N4O3. The van der Waals surface area contributed by atoms with E-state index in [4.69, 9.17) is 9.26 Å². The summed E-state index contributed by atoms with van der Waals surface area (Å²) in [6.07, 6.45) is 3.10. The van der Waals surface area contributed by atoms with E-state index >= 15 is 0 Å². The van der Waals surface area contributed by atoms with E-state index < -0.39 is 0 Å². The van der Waals surface area contributed by atoms with Crippen molar-refractivity contribution in [3.8, 4) is 5.75 Å². The van der Waals surface area contributed by atoms with Gasteiger partial charge in [0.25, 0.3) is 5.91 Å². The SMILES string of the molecule is COc1cccc(NC(=O)c2cncc(Nc3cc(C)on3)c2)c1. The number of hydrogen-bond donors (Lipinski definition) is 2. The molecule has 2 N–H and O–H groups in total. The smallest absolute Gasteiger partial charge is 0.257 e. The molecule has 1 amide bonds. The number of methoxy groups -OCH3 is 1. The number of hydrogen-bond acceptors (Lipinski definition) is 6. The van der Waals surface area contributed by atoms with Crippen molar-refractivity contribution >= 4 is 23.1 Å². The molecule has 0 spiro atoms. The first-order valence-electron chi connectivity index (χ1n) is 7.25. The van der Waals surface area contributed by atoms with Gasteiger partial charge in [-0.05, 0) is 25.1 Å². The van der Waals surface area contributed by atoms with Gasteiger partial charge in [0.2, 0.25) is 0 Å². The summed E-state index contributed by atoms with van der Waals surface area (Å²) in [5, 5.41) is 9.69. The number of carbonyl (C=O) groups excluding carboxylic acids is 1. The Bertz CT molecular complexity index is 860. The van der Waals surface area contributed by atoms with Crippen molar-refractivity contribution in [1.82, 2.24) is 10.1 Å². The van der Waals surface area contributed by atoms with Crippen LogP contribution in [0.5, 0.6) is 5.75 Å². The number of benzene rings is 1. The molecule has 0 atom stereocenters. The van der Waals surface area contributed by atoms with Crippen molar-refractivity contribution in [3.63, 3.8) is 0 Å². The highest BCUT2D eigenvalue weighted by Crippen LogP contribution is 2.19. The highest BCUT2D eigenvalue weighted by atomic mass is 16.5. The fourth-order valence-corrected chi connectivity index (χ4v) is 2.11. The zero-order valence-corrected chi connectivity index (χ0v) is 13.2. The summed E-state index contributed by atoms with van der Waals surface area (Å²) in [6, 6.07) is 10.6. The van der Waals surface area contributed by atoms with Crippen molar-refractivity contribution in [2.75, 3.05) is 17.7 Å². The van der Waals surface area contributed by atoms with Crippen LogP contribution < -0.4 is 15.4 Å². The summed E-state index contributed by atoms with van der Waals surface area (Å²) in [4.78, 5) is 16.4. The van der Waals surface area contributed by atoms with E-state index in [0.717, 1.165) is 0 Å². The van der Waals surface area contributed by atoms with E-state index in [1.54, 1.807) is 50.6 Å². The largest absolute Gasteiger partial charge is 0.497 e. The number of ether oxygens (including phenoxy) is 1. The van der Waals surface area contributed by atoms with Gasteiger partial charge in [-0.15, -0.1) is 0 Å². The fraction of sp³-hybridized carbons (Fsp3) is 0.118. The van der Waals surface area contributed by atoms with Crippen LogP contribution in [0.1, 0.15) is 16.1 Å². The van der Waals surface area contributed by atoms with Crippen LogP contribution >= 0.6 is 0 Å². The number of pyridine rings is 1. The number of carbonyl (C=O) groups is 1. The van der Waals surface area contributed by atoms with Gasteiger partial charge in [-0.25, -0.2) is 0 Å². The molecule has 7 heteroatoms.